The molecular formula is C21H28N2O2. The van der Waals surface area contributed by atoms with Crippen molar-refractivity contribution in [2.24, 2.45) is 0 Å². The SMILES string of the molecule is COc1ccc(C(c2cc(C)ccc2C)N2CCNCC2)c(OC)c1. The Kier molecular flexibility index (Phi) is 5.61. The van der Waals surface area contributed by atoms with E-state index >= 15 is 0 Å². The summed E-state index contributed by atoms with van der Waals surface area (Å²) >= 11 is 0. The molecule has 0 radical (unpaired) electrons. The Hall–Kier alpha value is -2.04. The Morgan fingerprint density at radius 2 is 1.68 bits per heavy atom. The first kappa shape index (κ1) is 17.8. The number of ether oxygens (including phenoxy) is 2. The summed E-state index contributed by atoms with van der Waals surface area (Å²) in [6.07, 6.45) is 0. The molecule has 3 rings (SSSR count). The number of hydrogen-bond donors (Lipinski definition) is 1. The molecule has 25 heavy (non-hydrogen) atoms. The molecule has 1 saturated heterocycles. The molecule has 0 bridgehead atoms. The maximum Gasteiger partial charge on any atom is 0.127 e. The smallest absolute Gasteiger partial charge is 0.127 e. The Bertz CT molecular complexity index is 724. The summed E-state index contributed by atoms with van der Waals surface area (Å²) in [5, 5.41) is 3.45. The number of nitrogens with zero attached hydrogens (tertiary/aromatic N) is 1. The van der Waals surface area contributed by atoms with E-state index in [1.54, 1.807) is 14.2 Å². The average molecular weight is 340 g/mol. The highest BCUT2D eigenvalue weighted by molar-refractivity contribution is 5.48. The highest BCUT2D eigenvalue weighted by Crippen LogP contribution is 2.38. The monoisotopic (exact) mass is 340 g/mol. The summed E-state index contributed by atoms with van der Waals surface area (Å²) in [5.74, 6) is 1.70. The Morgan fingerprint density at radius 3 is 2.36 bits per heavy atom. The van der Waals surface area contributed by atoms with Crippen molar-refractivity contribution in [1.29, 1.82) is 0 Å². The van der Waals surface area contributed by atoms with E-state index in [1.165, 1.54) is 22.3 Å². The van der Waals surface area contributed by atoms with Gasteiger partial charge in [-0.15, -0.1) is 0 Å². The van der Waals surface area contributed by atoms with E-state index < -0.39 is 0 Å². The van der Waals surface area contributed by atoms with Crippen LogP contribution in [0.5, 0.6) is 11.5 Å². The molecule has 4 nitrogen and oxygen atoms in total. The molecule has 4 heteroatoms. The van der Waals surface area contributed by atoms with Crippen molar-refractivity contribution < 1.29 is 9.47 Å². The molecular weight excluding hydrogens is 312 g/mol. The van der Waals surface area contributed by atoms with Gasteiger partial charge in [0.15, 0.2) is 0 Å². The van der Waals surface area contributed by atoms with Crippen LogP contribution in [0.2, 0.25) is 0 Å². The first-order chi connectivity index (χ1) is 12.1. The zero-order chi connectivity index (χ0) is 17.8. The van der Waals surface area contributed by atoms with Crippen molar-refractivity contribution in [2.45, 2.75) is 19.9 Å². The molecule has 1 N–H and O–H groups in total. The Balaban J connectivity index is 2.12. The molecule has 1 heterocycles. The highest BCUT2D eigenvalue weighted by atomic mass is 16.5. The number of benzene rings is 2. The van der Waals surface area contributed by atoms with E-state index in [0.29, 0.717) is 0 Å². The second kappa shape index (κ2) is 7.89. The summed E-state index contributed by atoms with van der Waals surface area (Å²) in [4.78, 5) is 2.54. The maximum atomic E-state index is 5.73. The lowest BCUT2D eigenvalue weighted by Crippen LogP contribution is -2.45. The third kappa shape index (κ3) is 3.80. The van der Waals surface area contributed by atoms with Gasteiger partial charge in [0.2, 0.25) is 0 Å². The van der Waals surface area contributed by atoms with E-state index in [-0.39, 0.29) is 6.04 Å². The third-order valence-electron chi connectivity index (χ3n) is 4.98. The first-order valence-electron chi connectivity index (χ1n) is 8.88. The fourth-order valence-electron chi connectivity index (χ4n) is 3.60. The molecule has 0 aromatic heterocycles. The normalized spacial score (nSPS) is 16.5. The largest absolute Gasteiger partial charge is 0.497 e. The summed E-state index contributed by atoms with van der Waals surface area (Å²) in [6, 6.07) is 13.0. The van der Waals surface area contributed by atoms with Crippen LogP contribution in [0.1, 0.15) is 28.3 Å². The van der Waals surface area contributed by atoms with Gasteiger partial charge >= 0.3 is 0 Å². The van der Waals surface area contributed by atoms with Crippen LogP contribution in [-0.4, -0.2) is 45.3 Å². The molecule has 134 valence electrons. The van der Waals surface area contributed by atoms with E-state index in [2.05, 4.69) is 48.3 Å². The summed E-state index contributed by atoms with van der Waals surface area (Å²) in [5.41, 5.74) is 5.14. The topological polar surface area (TPSA) is 33.7 Å². The van der Waals surface area contributed by atoms with Crippen molar-refractivity contribution in [1.82, 2.24) is 10.2 Å². The van der Waals surface area contributed by atoms with Gasteiger partial charge in [0, 0.05) is 37.8 Å². The van der Waals surface area contributed by atoms with Crippen molar-refractivity contribution in [3.8, 4) is 11.5 Å². The first-order valence-corrected chi connectivity index (χ1v) is 8.88. The number of aryl methyl sites for hydroxylation is 2. The quantitative estimate of drug-likeness (QED) is 0.905. The highest BCUT2D eigenvalue weighted by Gasteiger charge is 2.28. The standard InChI is InChI=1S/C21H28N2O2/c1-15-5-6-16(2)19(13-15)21(23-11-9-22-10-12-23)18-8-7-17(24-3)14-20(18)25-4/h5-8,13-14,21-22H,9-12H2,1-4H3. The Labute approximate surface area is 150 Å². The molecule has 2 aromatic carbocycles. The molecule has 2 aromatic rings. The predicted octanol–water partition coefficient (Wildman–Crippen LogP) is 3.32. The molecule has 1 fully saturated rings. The molecule has 0 saturated carbocycles. The van der Waals surface area contributed by atoms with Gasteiger partial charge in [-0.25, -0.2) is 0 Å². The van der Waals surface area contributed by atoms with E-state index in [0.717, 1.165) is 37.7 Å². The van der Waals surface area contributed by atoms with Crippen molar-refractivity contribution in [2.75, 3.05) is 40.4 Å². The van der Waals surface area contributed by atoms with Gasteiger partial charge in [-0.3, -0.25) is 4.90 Å². The molecule has 1 unspecified atom stereocenters. The van der Waals surface area contributed by atoms with Gasteiger partial charge in [-0.1, -0.05) is 23.8 Å². The van der Waals surface area contributed by atoms with Crippen LogP contribution in [0.15, 0.2) is 36.4 Å². The van der Waals surface area contributed by atoms with Crippen LogP contribution in [0.4, 0.5) is 0 Å². The van der Waals surface area contributed by atoms with Gasteiger partial charge < -0.3 is 14.8 Å². The lowest BCUT2D eigenvalue weighted by Gasteiger charge is -2.37. The van der Waals surface area contributed by atoms with Crippen LogP contribution in [0, 0.1) is 13.8 Å². The predicted molar refractivity (Wildman–Crippen MR) is 102 cm³/mol. The van der Waals surface area contributed by atoms with Crippen LogP contribution in [-0.2, 0) is 0 Å². The lowest BCUT2D eigenvalue weighted by molar-refractivity contribution is 0.195. The van der Waals surface area contributed by atoms with E-state index in [9.17, 15) is 0 Å². The minimum atomic E-state index is 0.183. The zero-order valence-corrected chi connectivity index (χ0v) is 15.6. The van der Waals surface area contributed by atoms with Crippen molar-refractivity contribution in [3.05, 3.63) is 58.7 Å². The summed E-state index contributed by atoms with van der Waals surface area (Å²) in [6.45, 7) is 8.42. The van der Waals surface area contributed by atoms with Gasteiger partial charge in [0.1, 0.15) is 11.5 Å². The van der Waals surface area contributed by atoms with E-state index in [1.807, 2.05) is 12.1 Å². The molecule has 1 aliphatic rings. The zero-order valence-electron chi connectivity index (χ0n) is 15.6. The van der Waals surface area contributed by atoms with Crippen molar-refractivity contribution in [3.63, 3.8) is 0 Å². The maximum absolute atomic E-state index is 5.73. The Morgan fingerprint density at radius 1 is 0.920 bits per heavy atom. The van der Waals surface area contributed by atoms with Crippen LogP contribution in [0.25, 0.3) is 0 Å². The minimum absolute atomic E-state index is 0.183. The fourth-order valence-corrected chi connectivity index (χ4v) is 3.60. The van der Waals surface area contributed by atoms with Crippen molar-refractivity contribution >= 4 is 0 Å². The summed E-state index contributed by atoms with van der Waals surface area (Å²) in [7, 11) is 3.42. The summed E-state index contributed by atoms with van der Waals surface area (Å²) < 4.78 is 11.1. The van der Waals surface area contributed by atoms with Gasteiger partial charge in [-0.2, -0.15) is 0 Å². The fraction of sp³-hybridized carbons (Fsp3) is 0.429. The number of methoxy groups -OCH3 is 2. The van der Waals surface area contributed by atoms with Gasteiger partial charge in [-0.05, 0) is 37.1 Å². The van der Waals surface area contributed by atoms with E-state index in [4.69, 9.17) is 9.47 Å². The number of piperazine rings is 1. The van der Waals surface area contributed by atoms with Crippen LogP contribution in [0.3, 0.4) is 0 Å². The molecule has 0 spiro atoms. The molecule has 0 aliphatic carbocycles. The molecule has 0 amide bonds. The van der Waals surface area contributed by atoms with Gasteiger partial charge in [0.25, 0.3) is 0 Å². The number of hydrogen-bond acceptors (Lipinski definition) is 4. The minimum Gasteiger partial charge on any atom is -0.497 e. The second-order valence-corrected chi connectivity index (χ2v) is 6.66. The number of rotatable bonds is 5. The molecule has 1 atom stereocenters. The lowest BCUT2D eigenvalue weighted by atomic mass is 9.91. The van der Waals surface area contributed by atoms with Crippen LogP contribution >= 0.6 is 0 Å². The van der Waals surface area contributed by atoms with Crippen LogP contribution < -0.4 is 14.8 Å². The number of nitrogens with one attached hydrogen (secondary N) is 1. The molecule has 1 aliphatic heterocycles. The average Bonchev–Trinajstić information content (AvgIpc) is 2.66. The third-order valence-corrected chi connectivity index (χ3v) is 4.98. The second-order valence-electron chi connectivity index (χ2n) is 6.66. The van der Waals surface area contributed by atoms with Gasteiger partial charge in [0.05, 0.1) is 20.3 Å².